The third-order valence-corrected chi connectivity index (χ3v) is 8.54. The van der Waals surface area contributed by atoms with Gasteiger partial charge in [-0.1, -0.05) is 44.2 Å². The molecule has 0 aliphatic heterocycles. The van der Waals surface area contributed by atoms with Crippen LogP contribution in [0.5, 0.6) is 0 Å². The monoisotopic (exact) mass is 478 g/mol. The van der Waals surface area contributed by atoms with Crippen molar-refractivity contribution in [2.75, 3.05) is 12.8 Å². The minimum absolute atomic E-state index is 0.0425. The Morgan fingerprint density at radius 3 is 2.35 bits per heavy atom. The van der Waals surface area contributed by atoms with Crippen molar-refractivity contribution >= 4 is 31.2 Å². The van der Waals surface area contributed by atoms with Crippen LogP contribution >= 0.6 is 11.3 Å². The second-order valence-electron chi connectivity index (χ2n) is 7.88. The summed E-state index contributed by atoms with van der Waals surface area (Å²) in [5.41, 5.74) is 1.45. The first-order valence-electron chi connectivity index (χ1n) is 9.80. The van der Waals surface area contributed by atoms with Crippen LogP contribution in [0, 0.1) is 5.92 Å². The van der Waals surface area contributed by atoms with E-state index in [4.69, 9.17) is 0 Å². The average Bonchev–Trinajstić information content (AvgIpc) is 3.16. The summed E-state index contributed by atoms with van der Waals surface area (Å²) >= 11 is 1.44. The van der Waals surface area contributed by atoms with E-state index < -0.39 is 19.9 Å². The Labute approximate surface area is 188 Å². The average molecular weight is 479 g/mol. The highest BCUT2D eigenvalue weighted by molar-refractivity contribution is 7.90. The molecule has 2 heterocycles. The number of hydrogen-bond donors (Lipinski definition) is 0. The molecule has 0 spiro atoms. The maximum Gasteiger partial charge on any atom is 0.218 e. The summed E-state index contributed by atoms with van der Waals surface area (Å²) in [7, 11) is -6.86. The molecule has 0 atom stereocenters. The van der Waals surface area contributed by atoms with Crippen LogP contribution in [-0.4, -0.2) is 38.9 Å². The molecule has 0 aliphatic rings. The van der Waals surface area contributed by atoms with Crippen molar-refractivity contribution in [1.82, 2.24) is 9.29 Å². The fourth-order valence-electron chi connectivity index (χ4n) is 3.11. The fourth-order valence-corrected chi connectivity index (χ4v) is 6.44. The van der Waals surface area contributed by atoms with Gasteiger partial charge >= 0.3 is 0 Å². The maximum atomic E-state index is 13.1. The molecular weight excluding hydrogens is 452 g/mol. The summed E-state index contributed by atoms with van der Waals surface area (Å²) in [6.45, 7) is 4.69. The minimum atomic E-state index is -3.50. The van der Waals surface area contributed by atoms with Crippen molar-refractivity contribution in [3.05, 3.63) is 71.4 Å². The van der Waals surface area contributed by atoms with Crippen LogP contribution in [0.15, 0.2) is 65.8 Å². The summed E-state index contributed by atoms with van der Waals surface area (Å²) in [6, 6.07) is 14.5. The SMILES string of the molecule is CC(C)CN(Cc1ccc(-c2cncc(S(C)(=O)=O)c2)s1)S(=O)(=O)Cc1ccccc1. The number of rotatable bonds is 9. The highest BCUT2D eigenvalue weighted by Gasteiger charge is 2.24. The highest BCUT2D eigenvalue weighted by Crippen LogP contribution is 2.30. The first kappa shape index (κ1) is 23.6. The van der Waals surface area contributed by atoms with Gasteiger partial charge in [0.05, 0.1) is 10.6 Å². The summed E-state index contributed by atoms with van der Waals surface area (Å²) in [6.07, 6.45) is 4.09. The second-order valence-corrected chi connectivity index (χ2v) is 13.0. The van der Waals surface area contributed by atoms with Crippen LogP contribution in [-0.2, 0) is 32.2 Å². The Balaban J connectivity index is 1.84. The molecule has 0 radical (unpaired) electrons. The molecule has 2 aromatic heterocycles. The van der Waals surface area contributed by atoms with E-state index in [0.717, 1.165) is 21.6 Å². The van der Waals surface area contributed by atoms with Crippen LogP contribution in [0.2, 0.25) is 0 Å². The Morgan fingerprint density at radius 1 is 1.00 bits per heavy atom. The molecule has 0 aliphatic carbocycles. The second kappa shape index (κ2) is 9.60. The third-order valence-electron chi connectivity index (χ3n) is 4.57. The van der Waals surface area contributed by atoms with E-state index in [1.807, 2.05) is 56.3 Å². The van der Waals surface area contributed by atoms with E-state index in [0.29, 0.717) is 12.1 Å². The van der Waals surface area contributed by atoms with Crippen LogP contribution in [0.25, 0.3) is 10.4 Å². The number of thiophene rings is 1. The normalized spacial score (nSPS) is 12.5. The molecule has 0 N–H and O–H groups in total. The smallest absolute Gasteiger partial charge is 0.218 e. The molecule has 0 amide bonds. The van der Waals surface area contributed by atoms with E-state index in [2.05, 4.69) is 4.98 Å². The minimum Gasteiger partial charge on any atom is -0.263 e. The van der Waals surface area contributed by atoms with E-state index in [-0.39, 0.29) is 23.1 Å². The zero-order chi connectivity index (χ0) is 22.6. The van der Waals surface area contributed by atoms with Crippen molar-refractivity contribution in [3.8, 4) is 10.4 Å². The Bertz CT molecular complexity index is 1230. The Morgan fingerprint density at radius 2 is 1.71 bits per heavy atom. The summed E-state index contributed by atoms with van der Waals surface area (Å²) < 4.78 is 51.4. The van der Waals surface area contributed by atoms with Crippen LogP contribution in [0.3, 0.4) is 0 Å². The maximum absolute atomic E-state index is 13.1. The van der Waals surface area contributed by atoms with Crippen LogP contribution in [0.1, 0.15) is 24.3 Å². The molecule has 31 heavy (non-hydrogen) atoms. The van der Waals surface area contributed by atoms with Gasteiger partial charge in [-0.15, -0.1) is 11.3 Å². The molecule has 0 fully saturated rings. The molecular formula is C22H26N2O4S3. The molecule has 9 heteroatoms. The summed E-state index contributed by atoms with van der Waals surface area (Å²) in [5.74, 6) is 0.139. The largest absolute Gasteiger partial charge is 0.263 e. The number of pyridine rings is 1. The standard InChI is InChI=1S/C22H26N2O4S3/c1-17(2)14-24(31(27,28)16-18-7-5-4-6-8-18)15-20-9-10-22(29-20)19-11-21(13-23-12-19)30(3,25)26/h4-13,17H,14-16H2,1-3H3. The molecule has 0 saturated heterocycles. The lowest BCUT2D eigenvalue weighted by atomic mass is 10.2. The van der Waals surface area contributed by atoms with Gasteiger partial charge < -0.3 is 0 Å². The van der Waals surface area contributed by atoms with Gasteiger partial charge in [-0.05, 0) is 29.7 Å². The molecule has 0 bridgehead atoms. The van der Waals surface area contributed by atoms with Gasteiger partial charge in [0.1, 0.15) is 0 Å². The lowest BCUT2D eigenvalue weighted by molar-refractivity contribution is 0.364. The van der Waals surface area contributed by atoms with Gasteiger partial charge in [0.2, 0.25) is 10.0 Å². The van der Waals surface area contributed by atoms with E-state index in [9.17, 15) is 16.8 Å². The van der Waals surface area contributed by atoms with E-state index in [1.54, 1.807) is 12.3 Å². The lowest BCUT2D eigenvalue weighted by Gasteiger charge is -2.23. The number of hydrogen-bond acceptors (Lipinski definition) is 6. The molecule has 0 unspecified atom stereocenters. The van der Waals surface area contributed by atoms with E-state index in [1.165, 1.54) is 21.8 Å². The zero-order valence-corrected chi connectivity index (χ0v) is 20.2. The van der Waals surface area contributed by atoms with Crippen LogP contribution < -0.4 is 0 Å². The van der Waals surface area contributed by atoms with Gasteiger partial charge in [-0.25, -0.2) is 16.8 Å². The summed E-state index contributed by atoms with van der Waals surface area (Å²) in [4.78, 5) is 5.93. The molecule has 6 nitrogen and oxygen atoms in total. The number of sulfonamides is 1. The van der Waals surface area contributed by atoms with Crippen molar-refractivity contribution in [2.24, 2.45) is 5.92 Å². The van der Waals surface area contributed by atoms with E-state index >= 15 is 0 Å². The van der Waals surface area contributed by atoms with Gasteiger partial charge in [0, 0.05) is 47.1 Å². The fraction of sp³-hybridized carbons (Fsp3) is 0.318. The lowest BCUT2D eigenvalue weighted by Crippen LogP contribution is -2.34. The molecule has 0 saturated carbocycles. The predicted octanol–water partition coefficient (Wildman–Crippen LogP) is 4.20. The topological polar surface area (TPSA) is 84.4 Å². The third kappa shape index (κ3) is 6.46. The highest BCUT2D eigenvalue weighted by atomic mass is 32.2. The van der Waals surface area contributed by atoms with Crippen molar-refractivity contribution < 1.29 is 16.8 Å². The number of sulfone groups is 1. The van der Waals surface area contributed by atoms with Crippen molar-refractivity contribution in [2.45, 2.75) is 31.0 Å². The van der Waals surface area contributed by atoms with Gasteiger partial charge in [-0.2, -0.15) is 4.31 Å². The van der Waals surface area contributed by atoms with Gasteiger partial charge in [0.15, 0.2) is 9.84 Å². The molecule has 3 aromatic rings. The Hall–Kier alpha value is -2.07. The Kier molecular flexibility index (Phi) is 7.31. The van der Waals surface area contributed by atoms with Gasteiger partial charge in [0.25, 0.3) is 0 Å². The quantitative estimate of drug-likeness (QED) is 0.460. The molecule has 166 valence electrons. The van der Waals surface area contributed by atoms with Crippen molar-refractivity contribution in [1.29, 1.82) is 0 Å². The van der Waals surface area contributed by atoms with Crippen LogP contribution in [0.4, 0.5) is 0 Å². The van der Waals surface area contributed by atoms with Crippen molar-refractivity contribution in [3.63, 3.8) is 0 Å². The zero-order valence-electron chi connectivity index (χ0n) is 17.7. The molecule has 3 rings (SSSR count). The number of nitrogens with zero attached hydrogens (tertiary/aromatic N) is 2. The summed E-state index contributed by atoms with van der Waals surface area (Å²) in [5, 5.41) is 0. The van der Waals surface area contributed by atoms with Gasteiger partial charge in [-0.3, -0.25) is 4.98 Å². The first-order valence-corrected chi connectivity index (χ1v) is 14.1. The number of aromatic nitrogens is 1. The number of benzene rings is 1. The molecule has 1 aromatic carbocycles. The predicted molar refractivity (Wildman–Crippen MR) is 125 cm³/mol. The first-order chi connectivity index (χ1) is 14.5.